The fourth-order valence-electron chi connectivity index (χ4n) is 0.736. The third kappa shape index (κ3) is 6.62. The first-order valence-electron chi connectivity index (χ1n) is 4.44. The second-order valence-corrected chi connectivity index (χ2v) is 3.85. The van der Waals surface area contributed by atoms with E-state index in [1.54, 1.807) is 20.8 Å². The maximum Gasteiger partial charge on any atom is 0.331 e. The molecule has 0 aliphatic carbocycles. The fraction of sp³-hybridized carbons (Fsp3) is 0.700. The van der Waals surface area contributed by atoms with E-state index in [2.05, 4.69) is 0 Å². The molecular formula is C10H18O4. The molecule has 0 fully saturated rings. The van der Waals surface area contributed by atoms with Gasteiger partial charge in [0.05, 0.1) is 12.7 Å². The van der Waals surface area contributed by atoms with Gasteiger partial charge in [-0.15, -0.1) is 0 Å². The molecule has 0 amide bonds. The van der Waals surface area contributed by atoms with Gasteiger partial charge in [0.1, 0.15) is 5.60 Å². The van der Waals surface area contributed by atoms with E-state index in [0.29, 0.717) is 0 Å². The topological polar surface area (TPSA) is 55.8 Å². The van der Waals surface area contributed by atoms with Crippen LogP contribution < -0.4 is 0 Å². The predicted molar refractivity (Wildman–Crippen MR) is 52.9 cm³/mol. The van der Waals surface area contributed by atoms with Gasteiger partial charge in [0.2, 0.25) is 0 Å². The van der Waals surface area contributed by atoms with Crippen molar-refractivity contribution in [1.82, 2.24) is 0 Å². The van der Waals surface area contributed by atoms with Crippen molar-refractivity contribution in [2.75, 3.05) is 13.7 Å². The summed E-state index contributed by atoms with van der Waals surface area (Å²) in [7, 11) is 1.46. The molecular weight excluding hydrogens is 184 g/mol. The van der Waals surface area contributed by atoms with E-state index in [1.807, 2.05) is 0 Å². The lowest BCUT2D eigenvalue weighted by Crippen LogP contribution is -2.23. The number of methoxy groups -OCH3 is 1. The summed E-state index contributed by atoms with van der Waals surface area (Å²) >= 11 is 0. The van der Waals surface area contributed by atoms with Crippen molar-refractivity contribution < 1.29 is 19.4 Å². The van der Waals surface area contributed by atoms with Gasteiger partial charge < -0.3 is 14.6 Å². The molecule has 0 aromatic heterocycles. The number of carbonyl (C=O) groups excluding carboxylic acids is 1. The van der Waals surface area contributed by atoms with E-state index in [4.69, 9.17) is 14.6 Å². The fourth-order valence-corrected chi connectivity index (χ4v) is 0.736. The molecule has 82 valence electrons. The Hall–Kier alpha value is -0.870. The molecule has 0 saturated heterocycles. The van der Waals surface area contributed by atoms with Gasteiger partial charge in [-0.05, 0) is 26.8 Å². The molecule has 4 heteroatoms. The SMILES string of the molecule is COC(C=CC(=O)OC(C)(C)C)CO. The zero-order chi connectivity index (χ0) is 11.2. The van der Waals surface area contributed by atoms with Gasteiger partial charge in [0.15, 0.2) is 0 Å². The Kier molecular flexibility index (Phi) is 5.42. The highest BCUT2D eigenvalue weighted by Gasteiger charge is 2.14. The van der Waals surface area contributed by atoms with Crippen LogP contribution in [0.4, 0.5) is 0 Å². The molecule has 1 unspecified atom stereocenters. The van der Waals surface area contributed by atoms with Crippen LogP contribution in [-0.4, -0.2) is 36.5 Å². The Labute approximate surface area is 84.5 Å². The van der Waals surface area contributed by atoms with Crippen LogP contribution in [0.1, 0.15) is 20.8 Å². The highest BCUT2D eigenvalue weighted by atomic mass is 16.6. The molecule has 0 radical (unpaired) electrons. The molecule has 0 aliphatic rings. The lowest BCUT2D eigenvalue weighted by molar-refractivity contribution is -0.148. The van der Waals surface area contributed by atoms with Crippen LogP contribution in [0.3, 0.4) is 0 Å². The Balaban J connectivity index is 4.05. The molecule has 0 aromatic rings. The molecule has 0 aromatic carbocycles. The molecule has 0 rings (SSSR count). The Bertz CT molecular complexity index is 199. The van der Waals surface area contributed by atoms with Crippen molar-refractivity contribution in [2.45, 2.75) is 32.5 Å². The van der Waals surface area contributed by atoms with Crippen LogP contribution in [0.25, 0.3) is 0 Å². The first-order valence-corrected chi connectivity index (χ1v) is 4.44. The third-order valence-electron chi connectivity index (χ3n) is 1.34. The quantitative estimate of drug-likeness (QED) is 0.543. The number of aliphatic hydroxyl groups excluding tert-OH is 1. The van der Waals surface area contributed by atoms with Gasteiger partial charge >= 0.3 is 5.97 Å². The monoisotopic (exact) mass is 202 g/mol. The molecule has 0 aliphatic heterocycles. The zero-order valence-corrected chi connectivity index (χ0v) is 9.11. The third-order valence-corrected chi connectivity index (χ3v) is 1.34. The Morgan fingerprint density at radius 3 is 2.43 bits per heavy atom. The van der Waals surface area contributed by atoms with Crippen molar-refractivity contribution in [3.05, 3.63) is 12.2 Å². The van der Waals surface area contributed by atoms with Gasteiger partial charge in [-0.25, -0.2) is 4.79 Å². The van der Waals surface area contributed by atoms with Gasteiger partial charge in [-0.2, -0.15) is 0 Å². The maximum absolute atomic E-state index is 11.1. The Morgan fingerprint density at radius 2 is 2.07 bits per heavy atom. The Morgan fingerprint density at radius 1 is 1.50 bits per heavy atom. The molecule has 0 saturated carbocycles. The number of esters is 1. The summed E-state index contributed by atoms with van der Waals surface area (Å²) in [5.41, 5.74) is -0.497. The second-order valence-electron chi connectivity index (χ2n) is 3.85. The van der Waals surface area contributed by atoms with Gasteiger partial charge in [0, 0.05) is 13.2 Å². The number of rotatable bonds is 4. The van der Waals surface area contributed by atoms with Crippen molar-refractivity contribution in [3.63, 3.8) is 0 Å². The van der Waals surface area contributed by atoms with Gasteiger partial charge in [-0.3, -0.25) is 0 Å². The van der Waals surface area contributed by atoms with Gasteiger partial charge in [0.25, 0.3) is 0 Å². The average Bonchev–Trinajstić information content (AvgIpc) is 2.03. The van der Waals surface area contributed by atoms with Crippen LogP contribution in [-0.2, 0) is 14.3 Å². The number of ether oxygens (including phenoxy) is 2. The number of hydrogen-bond donors (Lipinski definition) is 1. The van der Waals surface area contributed by atoms with E-state index in [1.165, 1.54) is 19.3 Å². The van der Waals surface area contributed by atoms with Gasteiger partial charge in [-0.1, -0.05) is 0 Å². The summed E-state index contributed by atoms with van der Waals surface area (Å²) < 4.78 is 9.85. The van der Waals surface area contributed by atoms with E-state index in [9.17, 15) is 4.79 Å². The molecule has 1 N–H and O–H groups in total. The van der Waals surface area contributed by atoms with Crippen molar-refractivity contribution >= 4 is 5.97 Å². The van der Waals surface area contributed by atoms with Crippen LogP contribution >= 0.6 is 0 Å². The minimum absolute atomic E-state index is 0.157. The lowest BCUT2D eigenvalue weighted by atomic mass is 10.2. The average molecular weight is 202 g/mol. The smallest absolute Gasteiger partial charge is 0.331 e. The van der Waals surface area contributed by atoms with Crippen molar-refractivity contribution in [2.24, 2.45) is 0 Å². The summed E-state index contributed by atoms with van der Waals surface area (Å²) in [6, 6.07) is 0. The summed E-state index contributed by atoms with van der Waals surface area (Å²) in [6.07, 6.45) is 2.27. The largest absolute Gasteiger partial charge is 0.457 e. The van der Waals surface area contributed by atoms with Crippen molar-refractivity contribution in [1.29, 1.82) is 0 Å². The predicted octanol–water partition coefficient (Wildman–Crippen LogP) is 0.892. The normalized spacial score (nSPS) is 14.4. The minimum atomic E-state index is -0.497. The van der Waals surface area contributed by atoms with Crippen molar-refractivity contribution in [3.8, 4) is 0 Å². The summed E-state index contributed by atoms with van der Waals surface area (Å²) in [5, 5.41) is 8.74. The standard InChI is InChI=1S/C10H18O4/c1-10(2,3)14-9(12)6-5-8(7-11)13-4/h5-6,8,11H,7H2,1-4H3. The van der Waals surface area contributed by atoms with Crippen LogP contribution in [0, 0.1) is 0 Å². The number of carbonyl (C=O) groups is 1. The van der Waals surface area contributed by atoms with E-state index >= 15 is 0 Å². The molecule has 14 heavy (non-hydrogen) atoms. The lowest BCUT2D eigenvalue weighted by Gasteiger charge is -2.18. The molecule has 1 atom stereocenters. The highest BCUT2D eigenvalue weighted by molar-refractivity contribution is 5.82. The van der Waals surface area contributed by atoms with Crippen LogP contribution in [0.2, 0.25) is 0 Å². The number of aliphatic hydroxyl groups is 1. The van der Waals surface area contributed by atoms with E-state index in [0.717, 1.165) is 0 Å². The second kappa shape index (κ2) is 5.78. The zero-order valence-electron chi connectivity index (χ0n) is 9.11. The summed E-state index contributed by atoms with van der Waals surface area (Å²) in [6.45, 7) is 5.21. The molecule has 0 heterocycles. The van der Waals surface area contributed by atoms with Crippen LogP contribution in [0.5, 0.6) is 0 Å². The molecule has 0 bridgehead atoms. The van der Waals surface area contributed by atoms with E-state index < -0.39 is 17.7 Å². The highest BCUT2D eigenvalue weighted by Crippen LogP contribution is 2.07. The minimum Gasteiger partial charge on any atom is -0.457 e. The maximum atomic E-state index is 11.1. The molecule has 4 nitrogen and oxygen atoms in total. The molecule has 0 spiro atoms. The summed E-state index contributed by atoms with van der Waals surface area (Å²) in [4.78, 5) is 11.1. The number of hydrogen-bond acceptors (Lipinski definition) is 4. The van der Waals surface area contributed by atoms with E-state index in [-0.39, 0.29) is 6.61 Å². The van der Waals surface area contributed by atoms with Crippen LogP contribution in [0.15, 0.2) is 12.2 Å². The summed E-state index contributed by atoms with van der Waals surface area (Å²) in [5.74, 6) is -0.437. The first-order chi connectivity index (χ1) is 6.39. The first kappa shape index (κ1) is 13.1.